The molecule has 2 aromatic rings. The fourth-order valence-corrected chi connectivity index (χ4v) is 4.00. The van der Waals surface area contributed by atoms with Crippen LogP contribution in [0.1, 0.15) is 5.56 Å². The number of piperazine rings is 1. The molecule has 0 atom stereocenters. The number of ether oxygens (including phenoxy) is 1. The molecule has 0 bridgehead atoms. The minimum atomic E-state index is 0.188. The molecule has 3 rings (SSSR count). The number of hydrogen-bond acceptors (Lipinski definition) is 4. The van der Waals surface area contributed by atoms with Gasteiger partial charge in [-0.1, -0.05) is 17.7 Å². The van der Waals surface area contributed by atoms with Gasteiger partial charge >= 0.3 is 0 Å². The van der Waals surface area contributed by atoms with Gasteiger partial charge in [0, 0.05) is 41.8 Å². The summed E-state index contributed by atoms with van der Waals surface area (Å²) in [7, 11) is 1.65. The summed E-state index contributed by atoms with van der Waals surface area (Å²) >= 11 is 7.70. The van der Waals surface area contributed by atoms with Crippen LogP contribution in [-0.2, 0) is 4.79 Å². The fraction of sp³-hybridized carbons (Fsp3) is 0.350. The predicted molar refractivity (Wildman–Crippen MR) is 109 cm³/mol. The molecule has 1 aliphatic rings. The number of amides is 1. The fourth-order valence-electron chi connectivity index (χ4n) is 3.03. The van der Waals surface area contributed by atoms with Gasteiger partial charge in [0.1, 0.15) is 5.75 Å². The van der Waals surface area contributed by atoms with Gasteiger partial charge in [-0.15, -0.1) is 11.8 Å². The first-order valence-corrected chi connectivity index (χ1v) is 9.99. The highest BCUT2D eigenvalue weighted by Crippen LogP contribution is 2.26. The minimum absolute atomic E-state index is 0.188. The number of halogens is 1. The van der Waals surface area contributed by atoms with Crippen LogP contribution in [0.4, 0.5) is 5.69 Å². The normalized spacial score (nSPS) is 14.4. The number of methoxy groups -OCH3 is 1. The van der Waals surface area contributed by atoms with Crippen LogP contribution in [0.25, 0.3) is 0 Å². The largest absolute Gasteiger partial charge is 0.497 e. The summed E-state index contributed by atoms with van der Waals surface area (Å²) in [6, 6.07) is 13.8. The third kappa shape index (κ3) is 4.65. The third-order valence-electron chi connectivity index (χ3n) is 4.57. The first kappa shape index (κ1) is 18.9. The highest BCUT2D eigenvalue weighted by atomic mass is 35.5. The minimum Gasteiger partial charge on any atom is -0.497 e. The predicted octanol–water partition coefficient (Wildman–Crippen LogP) is 4.10. The van der Waals surface area contributed by atoms with E-state index < -0.39 is 0 Å². The van der Waals surface area contributed by atoms with Crippen molar-refractivity contribution in [3.8, 4) is 5.75 Å². The number of hydrogen-bond donors (Lipinski definition) is 0. The van der Waals surface area contributed by atoms with Crippen molar-refractivity contribution in [1.29, 1.82) is 0 Å². The second kappa shape index (κ2) is 8.69. The summed E-state index contributed by atoms with van der Waals surface area (Å²) in [4.78, 5) is 17.8. The molecule has 0 spiro atoms. The van der Waals surface area contributed by atoms with E-state index in [1.807, 2.05) is 47.4 Å². The van der Waals surface area contributed by atoms with E-state index in [-0.39, 0.29) is 5.91 Å². The van der Waals surface area contributed by atoms with Gasteiger partial charge in [-0.05, 0) is 48.9 Å². The molecule has 2 aromatic carbocycles. The second-order valence-corrected chi connectivity index (χ2v) is 7.75. The monoisotopic (exact) mass is 390 g/mol. The van der Waals surface area contributed by atoms with Crippen molar-refractivity contribution in [1.82, 2.24) is 4.90 Å². The van der Waals surface area contributed by atoms with Crippen LogP contribution in [-0.4, -0.2) is 49.8 Å². The van der Waals surface area contributed by atoms with Crippen LogP contribution in [0.3, 0.4) is 0 Å². The van der Waals surface area contributed by atoms with Crippen LogP contribution in [0, 0.1) is 6.92 Å². The SMILES string of the molecule is COc1ccc(SCC(=O)N2CCN(c3cc(Cl)ccc3C)CC2)cc1. The smallest absolute Gasteiger partial charge is 0.233 e. The molecule has 6 heteroatoms. The van der Waals surface area contributed by atoms with E-state index in [2.05, 4.69) is 11.8 Å². The Morgan fingerprint density at radius 1 is 1.12 bits per heavy atom. The van der Waals surface area contributed by atoms with E-state index >= 15 is 0 Å². The van der Waals surface area contributed by atoms with Crippen LogP contribution >= 0.6 is 23.4 Å². The molecule has 138 valence electrons. The maximum Gasteiger partial charge on any atom is 0.233 e. The molecule has 0 aliphatic carbocycles. The maximum atomic E-state index is 12.5. The lowest BCUT2D eigenvalue weighted by Crippen LogP contribution is -2.49. The molecule has 1 saturated heterocycles. The summed E-state index contributed by atoms with van der Waals surface area (Å²) in [5.74, 6) is 1.48. The zero-order valence-electron chi connectivity index (χ0n) is 15.1. The molecule has 1 amide bonds. The Morgan fingerprint density at radius 2 is 1.81 bits per heavy atom. The van der Waals surface area contributed by atoms with Gasteiger partial charge in [0.05, 0.1) is 12.9 Å². The number of rotatable bonds is 5. The number of benzene rings is 2. The van der Waals surface area contributed by atoms with E-state index in [0.717, 1.165) is 47.5 Å². The van der Waals surface area contributed by atoms with Crippen molar-refractivity contribution in [2.24, 2.45) is 0 Å². The Bertz CT molecular complexity index is 759. The Labute approximate surface area is 164 Å². The third-order valence-corrected chi connectivity index (χ3v) is 5.80. The zero-order valence-corrected chi connectivity index (χ0v) is 16.6. The molecule has 4 nitrogen and oxygen atoms in total. The van der Waals surface area contributed by atoms with Crippen molar-refractivity contribution in [2.45, 2.75) is 11.8 Å². The molecule has 0 radical (unpaired) electrons. The second-order valence-electron chi connectivity index (χ2n) is 6.26. The summed E-state index contributed by atoms with van der Waals surface area (Å²) in [5, 5.41) is 0.750. The van der Waals surface area contributed by atoms with Crippen LogP contribution in [0.2, 0.25) is 5.02 Å². The molecule has 1 heterocycles. The topological polar surface area (TPSA) is 32.8 Å². The van der Waals surface area contributed by atoms with E-state index in [9.17, 15) is 4.79 Å². The Morgan fingerprint density at radius 3 is 2.46 bits per heavy atom. The molecule has 26 heavy (non-hydrogen) atoms. The molecular weight excluding hydrogens is 368 g/mol. The van der Waals surface area contributed by atoms with Crippen molar-refractivity contribution in [3.63, 3.8) is 0 Å². The first-order chi connectivity index (χ1) is 12.6. The van der Waals surface area contributed by atoms with Gasteiger partial charge in [0.25, 0.3) is 0 Å². The van der Waals surface area contributed by atoms with Gasteiger partial charge in [-0.3, -0.25) is 4.79 Å². The van der Waals surface area contributed by atoms with Crippen molar-refractivity contribution >= 4 is 35.0 Å². The van der Waals surface area contributed by atoms with E-state index in [1.54, 1.807) is 18.9 Å². The standard InChI is InChI=1S/C20H23ClN2O2S/c1-15-3-4-16(21)13-19(15)22-9-11-23(12-10-22)20(24)14-26-18-7-5-17(25-2)6-8-18/h3-8,13H,9-12,14H2,1-2H3. The van der Waals surface area contributed by atoms with Gasteiger partial charge in [0.2, 0.25) is 5.91 Å². The first-order valence-electron chi connectivity index (χ1n) is 8.62. The number of carbonyl (C=O) groups is 1. The quantitative estimate of drug-likeness (QED) is 0.719. The van der Waals surface area contributed by atoms with Gasteiger partial charge in [-0.2, -0.15) is 0 Å². The highest BCUT2D eigenvalue weighted by molar-refractivity contribution is 8.00. The maximum absolute atomic E-state index is 12.5. The van der Waals surface area contributed by atoms with Crippen molar-refractivity contribution in [3.05, 3.63) is 53.1 Å². The highest BCUT2D eigenvalue weighted by Gasteiger charge is 2.22. The molecule has 1 fully saturated rings. The van der Waals surface area contributed by atoms with Crippen LogP contribution in [0.15, 0.2) is 47.4 Å². The number of thioether (sulfide) groups is 1. The Balaban J connectivity index is 1.50. The summed E-state index contributed by atoms with van der Waals surface area (Å²) in [6.07, 6.45) is 0. The molecule has 0 aromatic heterocycles. The van der Waals surface area contributed by atoms with Crippen LogP contribution < -0.4 is 9.64 Å². The van der Waals surface area contributed by atoms with Crippen molar-refractivity contribution < 1.29 is 9.53 Å². The average molecular weight is 391 g/mol. The summed E-state index contributed by atoms with van der Waals surface area (Å²) in [5.41, 5.74) is 2.38. The van der Waals surface area contributed by atoms with E-state index in [0.29, 0.717) is 5.75 Å². The van der Waals surface area contributed by atoms with Gasteiger partial charge < -0.3 is 14.5 Å². The number of nitrogens with zero attached hydrogens (tertiary/aromatic N) is 2. The van der Waals surface area contributed by atoms with Gasteiger partial charge in [0.15, 0.2) is 0 Å². The lowest BCUT2D eigenvalue weighted by atomic mass is 10.1. The molecule has 0 N–H and O–H groups in total. The lowest BCUT2D eigenvalue weighted by molar-refractivity contribution is -0.128. The summed E-state index contributed by atoms with van der Waals surface area (Å²) < 4.78 is 5.15. The Hall–Kier alpha value is -1.85. The zero-order chi connectivity index (χ0) is 18.5. The average Bonchev–Trinajstić information content (AvgIpc) is 2.68. The number of aryl methyl sites for hydroxylation is 1. The molecule has 1 aliphatic heterocycles. The van der Waals surface area contributed by atoms with Crippen molar-refractivity contribution in [2.75, 3.05) is 43.9 Å². The number of anilines is 1. The Kier molecular flexibility index (Phi) is 6.33. The van der Waals surface area contributed by atoms with E-state index in [1.165, 1.54) is 5.56 Å². The lowest BCUT2D eigenvalue weighted by Gasteiger charge is -2.37. The van der Waals surface area contributed by atoms with Gasteiger partial charge in [-0.25, -0.2) is 0 Å². The number of carbonyl (C=O) groups excluding carboxylic acids is 1. The molecular formula is C20H23ClN2O2S. The molecule has 0 unspecified atom stereocenters. The molecule has 0 saturated carbocycles. The van der Waals surface area contributed by atoms with E-state index in [4.69, 9.17) is 16.3 Å². The summed E-state index contributed by atoms with van der Waals surface area (Å²) in [6.45, 7) is 5.25. The van der Waals surface area contributed by atoms with Crippen LogP contribution in [0.5, 0.6) is 5.75 Å².